The number of amides is 2. The smallest absolute Gasteiger partial charge is 0.338 e. The van der Waals surface area contributed by atoms with Crippen LogP contribution in [-0.4, -0.2) is 25.4 Å². The number of nitrogens with one attached hydrogen (secondary N) is 2. The molecule has 1 aromatic carbocycles. The minimum atomic E-state index is -0.647. The second kappa shape index (κ2) is 6.11. The summed E-state index contributed by atoms with van der Waals surface area (Å²) < 4.78 is 16.5. The highest BCUT2D eigenvalue weighted by Gasteiger charge is 2.34. The van der Waals surface area contributed by atoms with E-state index in [-0.39, 0.29) is 19.4 Å². The predicted molar refractivity (Wildman–Crippen MR) is 84.0 cm³/mol. The lowest BCUT2D eigenvalue weighted by atomic mass is 9.95. The van der Waals surface area contributed by atoms with Crippen molar-refractivity contribution < 1.29 is 23.8 Å². The van der Waals surface area contributed by atoms with E-state index in [0.717, 1.165) is 0 Å². The molecule has 7 nitrogen and oxygen atoms in total. The summed E-state index contributed by atoms with van der Waals surface area (Å²) in [6.07, 6.45) is 0. The Morgan fingerprint density at radius 2 is 2.09 bits per heavy atom. The first-order chi connectivity index (χ1) is 11.0. The van der Waals surface area contributed by atoms with Crippen molar-refractivity contribution in [2.75, 3.05) is 13.4 Å². The Labute approximate surface area is 141 Å². The van der Waals surface area contributed by atoms with Crippen LogP contribution < -0.4 is 20.1 Å². The topological polar surface area (TPSA) is 85.9 Å². The van der Waals surface area contributed by atoms with Crippen molar-refractivity contribution in [3.05, 3.63) is 33.4 Å². The molecule has 2 amide bonds. The first kappa shape index (κ1) is 15.7. The lowest BCUT2D eigenvalue weighted by molar-refractivity contribution is -0.139. The fourth-order valence-corrected chi connectivity index (χ4v) is 3.11. The number of carbonyl (C=O) groups excluding carboxylic acids is 2. The van der Waals surface area contributed by atoms with Crippen LogP contribution in [-0.2, 0) is 9.53 Å². The van der Waals surface area contributed by atoms with Crippen LogP contribution in [0.2, 0.25) is 0 Å². The molecule has 0 radical (unpaired) electrons. The molecule has 1 aromatic rings. The molecule has 23 heavy (non-hydrogen) atoms. The van der Waals surface area contributed by atoms with Crippen molar-refractivity contribution in [3.8, 4) is 11.5 Å². The molecule has 0 bridgehead atoms. The van der Waals surface area contributed by atoms with Gasteiger partial charge in [0.15, 0.2) is 11.5 Å². The summed E-state index contributed by atoms with van der Waals surface area (Å²) in [6, 6.07) is 2.47. The van der Waals surface area contributed by atoms with Gasteiger partial charge in [0.2, 0.25) is 6.79 Å². The molecular formula is C15H15BrN2O5. The van der Waals surface area contributed by atoms with Gasteiger partial charge in [-0.15, -0.1) is 0 Å². The van der Waals surface area contributed by atoms with Crippen molar-refractivity contribution in [2.24, 2.45) is 0 Å². The van der Waals surface area contributed by atoms with Gasteiger partial charge in [-0.3, -0.25) is 0 Å². The summed E-state index contributed by atoms with van der Waals surface area (Å²) in [5.41, 5.74) is 1.50. The van der Waals surface area contributed by atoms with Gasteiger partial charge in [0.25, 0.3) is 0 Å². The van der Waals surface area contributed by atoms with Gasteiger partial charge in [-0.05, 0) is 31.5 Å². The molecule has 2 aliphatic heterocycles. The third kappa shape index (κ3) is 2.86. The average Bonchev–Trinajstić information content (AvgIpc) is 2.92. The lowest BCUT2D eigenvalue weighted by Crippen LogP contribution is -2.45. The first-order valence-corrected chi connectivity index (χ1v) is 7.85. The Balaban J connectivity index is 2.07. The number of allylic oxidation sites excluding steroid dienone is 1. The van der Waals surface area contributed by atoms with Crippen molar-refractivity contribution in [1.82, 2.24) is 10.6 Å². The molecule has 0 spiro atoms. The molecule has 2 aliphatic rings. The average molecular weight is 383 g/mol. The zero-order valence-electron chi connectivity index (χ0n) is 12.6. The Hall–Kier alpha value is -2.22. The monoisotopic (exact) mass is 382 g/mol. The normalized spacial score (nSPS) is 19.3. The fraction of sp³-hybridized carbons (Fsp3) is 0.333. The maximum atomic E-state index is 12.3. The van der Waals surface area contributed by atoms with Crippen molar-refractivity contribution in [1.29, 1.82) is 0 Å². The Kier molecular flexibility index (Phi) is 4.16. The van der Waals surface area contributed by atoms with Gasteiger partial charge in [-0.2, -0.15) is 0 Å². The van der Waals surface area contributed by atoms with Gasteiger partial charge in [0.1, 0.15) is 0 Å². The van der Waals surface area contributed by atoms with E-state index in [4.69, 9.17) is 14.2 Å². The van der Waals surface area contributed by atoms with E-state index in [1.54, 1.807) is 26.0 Å². The highest BCUT2D eigenvalue weighted by Crippen LogP contribution is 2.41. The van der Waals surface area contributed by atoms with Crippen LogP contribution in [0.15, 0.2) is 27.9 Å². The number of hydrogen-bond acceptors (Lipinski definition) is 5. The highest BCUT2D eigenvalue weighted by molar-refractivity contribution is 9.10. The first-order valence-electron chi connectivity index (χ1n) is 7.05. The van der Waals surface area contributed by atoms with E-state index in [0.29, 0.717) is 32.8 Å². The summed E-state index contributed by atoms with van der Waals surface area (Å²) in [7, 11) is 0. The molecule has 0 saturated heterocycles. The summed E-state index contributed by atoms with van der Waals surface area (Å²) in [5, 5.41) is 5.35. The molecule has 0 aliphatic carbocycles. The number of halogens is 1. The van der Waals surface area contributed by atoms with Gasteiger partial charge in [-0.25, -0.2) is 9.59 Å². The van der Waals surface area contributed by atoms with Gasteiger partial charge in [0, 0.05) is 10.2 Å². The third-order valence-corrected chi connectivity index (χ3v) is 4.25. The maximum Gasteiger partial charge on any atom is 0.338 e. The number of esters is 1. The standard InChI is InChI=1S/C15H15BrN2O5/c1-3-21-14(19)12-7(2)17-15(20)18-13(12)8-4-10-11(5-9(8)16)23-6-22-10/h4-5,13H,3,6H2,1-2H3,(H2,17,18,20)/t13-/m0/s1. The Morgan fingerprint density at radius 1 is 1.39 bits per heavy atom. The number of carbonyl (C=O) groups is 2. The molecule has 0 unspecified atom stereocenters. The lowest BCUT2D eigenvalue weighted by Gasteiger charge is -2.28. The highest BCUT2D eigenvalue weighted by atomic mass is 79.9. The van der Waals surface area contributed by atoms with Crippen molar-refractivity contribution in [3.63, 3.8) is 0 Å². The van der Waals surface area contributed by atoms with E-state index in [1.165, 1.54) is 0 Å². The van der Waals surface area contributed by atoms with Crippen LogP contribution in [0, 0.1) is 0 Å². The second-order valence-electron chi connectivity index (χ2n) is 5.02. The molecular weight excluding hydrogens is 368 g/mol. The van der Waals surface area contributed by atoms with E-state index in [1.807, 2.05) is 0 Å². The van der Waals surface area contributed by atoms with E-state index in [2.05, 4.69) is 26.6 Å². The predicted octanol–water partition coefficient (Wildman–Crippen LogP) is 2.37. The van der Waals surface area contributed by atoms with Crippen molar-refractivity contribution >= 4 is 27.9 Å². The van der Waals surface area contributed by atoms with E-state index in [9.17, 15) is 9.59 Å². The van der Waals surface area contributed by atoms with E-state index >= 15 is 0 Å². The number of urea groups is 1. The van der Waals surface area contributed by atoms with Crippen LogP contribution in [0.5, 0.6) is 11.5 Å². The fourth-order valence-electron chi connectivity index (χ4n) is 2.56. The number of hydrogen-bond donors (Lipinski definition) is 2. The molecule has 2 heterocycles. The largest absolute Gasteiger partial charge is 0.463 e. The Morgan fingerprint density at radius 3 is 2.78 bits per heavy atom. The van der Waals surface area contributed by atoms with Gasteiger partial charge < -0.3 is 24.8 Å². The van der Waals surface area contributed by atoms with Gasteiger partial charge in [0.05, 0.1) is 18.2 Å². The SMILES string of the molecule is CCOC(=O)C1=C(C)NC(=O)N[C@H]1c1cc2c(cc1Br)OCO2. The minimum Gasteiger partial charge on any atom is -0.463 e. The number of fused-ring (bicyclic) bond motifs is 1. The van der Waals surface area contributed by atoms with Crippen LogP contribution in [0.1, 0.15) is 25.5 Å². The molecule has 1 atom stereocenters. The maximum absolute atomic E-state index is 12.3. The second-order valence-corrected chi connectivity index (χ2v) is 5.87. The third-order valence-electron chi connectivity index (χ3n) is 3.57. The molecule has 0 aromatic heterocycles. The quantitative estimate of drug-likeness (QED) is 0.783. The molecule has 3 rings (SSSR count). The minimum absolute atomic E-state index is 0.142. The summed E-state index contributed by atoms with van der Waals surface area (Å²) in [4.78, 5) is 24.1. The molecule has 8 heteroatoms. The molecule has 122 valence electrons. The zero-order chi connectivity index (χ0) is 16.6. The number of benzene rings is 1. The van der Waals surface area contributed by atoms with Crippen LogP contribution in [0.4, 0.5) is 4.79 Å². The summed E-state index contributed by atoms with van der Waals surface area (Å²) in [6.45, 7) is 3.79. The summed E-state index contributed by atoms with van der Waals surface area (Å²) >= 11 is 3.46. The summed E-state index contributed by atoms with van der Waals surface area (Å²) in [5.74, 6) is 0.697. The number of rotatable bonds is 3. The van der Waals surface area contributed by atoms with Crippen LogP contribution >= 0.6 is 15.9 Å². The molecule has 2 N–H and O–H groups in total. The van der Waals surface area contributed by atoms with E-state index < -0.39 is 12.0 Å². The van der Waals surface area contributed by atoms with Crippen LogP contribution in [0.3, 0.4) is 0 Å². The van der Waals surface area contributed by atoms with Gasteiger partial charge >= 0.3 is 12.0 Å². The molecule has 0 fully saturated rings. The molecule has 0 saturated carbocycles. The van der Waals surface area contributed by atoms with Gasteiger partial charge in [-0.1, -0.05) is 15.9 Å². The van der Waals surface area contributed by atoms with Crippen LogP contribution in [0.25, 0.3) is 0 Å². The zero-order valence-corrected chi connectivity index (χ0v) is 14.2. The Bertz CT molecular complexity index is 716. The van der Waals surface area contributed by atoms with Crippen molar-refractivity contribution in [2.45, 2.75) is 19.9 Å². The number of ether oxygens (including phenoxy) is 3.